The predicted molar refractivity (Wildman–Crippen MR) is 94.4 cm³/mol. The molecule has 2 aromatic carbocycles. The number of hydrogen-bond acceptors (Lipinski definition) is 2. The third kappa shape index (κ3) is 4.12. The van der Waals surface area contributed by atoms with Gasteiger partial charge in [0.1, 0.15) is 0 Å². The van der Waals surface area contributed by atoms with E-state index in [1.54, 1.807) is 0 Å². The van der Waals surface area contributed by atoms with E-state index in [4.69, 9.17) is 0 Å². The first-order valence-corrected chi connectivity index (χ1v) is 8.44. The Labute approximate surface area is 133 Å². The maximum atomic E-state index is 3.45. The average Bonchev–Trinajstić information content (AvgIpc) is 2.46. The number of aryl methyl sites for hydroxylation is 4. The van der Waals surface area contributed by atoms with Crippen LogP contribution in [0, 0.1) is 27.7 Å². The van der Waals surface area contributed by atoms with Crippen LogP contribution < -0.4 is 5.32 Å². The Morgan fingerprint density at radius 3 is 2.29 bits per heavy atom. The first-order chi connectivity index (χ1) is 10.0. The van der Waals surface area contributed by atoms with Gasteiger partial charge in [-0.3, -0.25) is 0 Å². The fourth-order valence-electron chi connectivity index (χ4n) is 2.36. The van der Waals surface area contributed by atoms with E-state index in [1.165, 1.54) is 32.7 Å². The number of hydrogen-bond donors (Lipinski definition) is 1. The van der Waals surface area contributed by atoms with Gasteiger partial charge in [0.25, 0.3) is 0 Å². The number of rotatable bonds is 5. The Balaban J connectivity index is 2.12. The van der Waals surface area contributed by atoms with Crippen molar-refractivity contribution >= 4 is 11.8 Å². The standard InChI is InChI=1S/C19H25NS/c1-13-6-7-15(3)19(10-13)21-12-18(20-5)17-9-8-14(2)16(4)11-17/h6-11,18,20H,12H2,1-5H3. The van der Waals surface area contributed by atoms with E-state index >= 15 is 0 Å². The highest BCUT2D eigenvalue weighted by atomic mass is 32.2. The molecular formula is C19H25NS. The van der Waals surface area contributed by atoms with Crippen LogP contribution in [0.2, 0.25) is 0 Å². The van der Waals surface area contributed by atoms with Crippen LogP contribution in [0.25, 0.3) is 0 Å². The SMILES string of the molecule is CNC(CSc1cc(C)ccc1C)c1ccc(C)c(C)c1. The van der Waals surface area contributed by atoms with Crippen molar-refractivity contribution in [2.75, 3.05) is 12.8 Å². The zero-order valence-corrected chi connectivity index (χ0v) is 14.5. The van der Waals surface area contributed by atoms with Gasteiger partial charge in [0, 0.05) is 16.7 Å². The van der Waals surface area contributed by atoms with Gasteiger partial charge in [-0.15, -0.1) is 11.8 Å². The summed E-state index contributed by atoms with van der Waals surface area (Å²) in [7, 11) is 2.05. The molecular weight excluding hydrogens is 274 g/mol. The van der Waals surface area contributed by atoms with Crippen LogP contribution in [0.15, 0.2) is 41.3 Å². The molecule has 0 aliphatic carbocycles. The van der Waals surface area contributed by atoms with E-state index in [0.717, 1.165) is 5.75 Å². The van der Waals surface area contributed by atoms with E-state index < -0.39 is 0 Å². The third-order valence-corrected chi connectivity index (χ3v) is 5.28. The van der Waals surface area contributed by atoms with E-state index in [0.29, 0.717) is 6.04 Å². The number of nitrogens with one attached hydrogen (secondary N) is 1. The van der Waals surface area contributed by atoms with Gasteiger partial charge in [0.2, 0.25) is 0 Å². The topological polar surface area (TPSA) is 12.0 Å². The van der Waals surface area contributed by atoms with E-state index in [1.807, 2.05) is 18.8 Å². The fraction of sp³-hybridized carbons (Fsp3) is 0.368. The molecule has 2 heteroatoms. The Morgan fingerprint density at radius 1 is 0.905 bits per heavy atom. The zero-order valence-electron chi connectivity index (χ0n) is 13.7. The second kappa shape index (κ2) is 7.15. The second-order valence-electron chi connectivity index (χ2n) is 5.76. The van der Waals surface area contributed by atoms with Gasteiger partial charge in [0.05, 0.1) is 0 Å². The Bertz CT molecular complexity index is 619. The Kier molecular flexibility index (Phi) is 5.49. The predicted octanol–water partition coefficient (Wildman–Crippen LogP) is 4.97. The van der Waals surface area contributed by atoms with Crippen molar-refractivity contribution < 1.29 is 0 Å². The average molecular weight is 299 g/mol. The molecule has 0 radical (unpaired) electrons. The molecule has 2 aromatic rings. The van der Waals surface area contributed by atoms with Crippen LogP contribution >= 0.6 is 11.8 Å². The lowest BCUT2D eigenvalue weighted by molar-refractivity contribution is 0.661. The van der Waals surface area contributed by atoms with Gasteiger partial charge in [0.15, 0.2) is 0 Å². The van der Waals surface area contributed by atoms with Crippen LogP contribution in [-0.4, -0.2) is 12.8 Å². The van der Waals surface area contributed by atoms with Crippen LogP contribution in [0.1, 0.15) is 33.9 Å². The highest BCUT2D eigenvalue weighted by molar-refractivity contribution is 7.99. The van der Waals surface area contributed by atoms with Gasteiger partial charge in [-0.1, -0.05) is 35.9 Å². The molecule has 0 heterocycles. The van der Waals surface area contributed by atoms with Gasteiger partial charge < -0.3 is 5.32 Å². The van der Waals surface area contributed by atoms with Crippen molar-refractivity contribution in [1.82, 2.24) is 5.32 Å². The highest BCUT2D eigenvalue weighted by Gasteiger charge is 2.11. The molecule has 0 amide bonds. The second-order valence-corrected chi connectivity index (χ2v) is 6.83. The van der Waals surface area contributed by atoms with E-state index in [9.17, 15) is 0 Å². The molecule has 1 N–H and O–H groups in total. The Morgan fingerprint density at radius 2 is 1.62 bits per heavy atom. The largest absolute Gasteiger partial charge is 0.312 e. The minimum absolute atomic E-state index is 0.384. The van der Waals surface area contributed by atoms with Crippen molar-refractivity contribution in [1.29, 1.82) is 0 Å². The van der Waals surface area contributed by atoms with Crippen molar-refractivity contribution in [3.63, 3.8) is 0 Å². The van der Waals surface area contributed by atoms with Gasteiger partial charge in [-0.25, -0.2) is 0 Å². The van der Waals surface area contributed by atoms with Gasteiger partial charge in [-0.2, -0.15) is 0 Å². The van der Waals surface area contributed by atoms with Gasteiger partial charge in [-0.05, 0) is 63.1 Å². The van der Waals surface area contributed by atoms with Crippen LogP contribution in [0.4, 0.5) is 0 Å². The molecule has 0 aliphatic rings. The summed E-state index contributed by atoms with van der Waals surface area (Å²) in [6.07, 6.45) is 0. The molecule has 2 rings (SSSR count). The summed E-state index contributed by atoms with van der Waals surface area (Å²) in [4.78, 5) is 1.39. The molecule has 21 heavy (non-hydrogen) atoms. The summed E-state index contributed by atoms with van der Waals surface area (Å²) < 4.78 is 0. The molecule has 0 bridgehead atoms. The summed E-state index contributed by atoms with van der Waals surface area (Å²) in [5, 5.41) is 3.45. The molecule has 1 atom stereocenters. The Hall–Kier alpha value is -1.25. The highest BCUT2D eigenvalue weighted by Crippen LogP contribution is 2.28. The maximum absolute atomic E-state index is 3.45. The number of thioether (sulfide) groups is 1. The van der Waals surface area contributed by atoms with Crippen molar-refractivity contribution in [3.8, 4) is 0 Å². The summed E-state index contributed by atoms with van der Waals surface area (Å²) in [5.41, 5.74) is 6.79. The molecule has 0 fully saturated rings. The quantitative estimate of drug-likeness (QED) is 0.782. The van der Waals surface area contributed by atoms with Crippen molar-refractivity contribution in [3.05, 3.63) is 64.2 Å². The summed E-state index contributed by atoms with van der Waals surface area (Å²) in [6.45, 7) is 8.69. The van der Waals surface area contributed by atoms with E-state index in [-0.39, 0.29) is 0 Å². The minimum Gasteiger partial charge on any atom is -0.312 e. The van der Waals surface area contributed by atoms with Gasteiger partial charge >= 0.3 is 0 Å². The monoisotopic (exact) mass is 299 g/mol. The van der Waals surface area contributed by atoms with Crippen LogP contribution in [-0.2, 0) is 0 Å². The molecule has 0 aliphatic heterocycles. The van der Waals surface area contributed by atoms with Crippen LogP contribution in [0.5, 0.6) is 0 Å². The normalized spacial score (nSPS) is 12.4. The first kappa shape index (κ1) is 16.1. The molecule has 0 spiro atoms. The molecule has 1 nitrogen and oxygen atoms in total. The number of benzene rings is 2. The molecule has 112 valence electrons. The van der Waals surface area contributed by atoms with Crippen LogP contribution in [0.3, 0.4) is 0 Å². The first-order valence-electron chi connectivity index (χ1n) is 7.45. The van der Waals surface area contributed by atoms with Crippen molar-refractivity contribution in [2.45, 2.75) is 38.6 Å². The third-order valence-electron chi connectivity index (χ3n) is 4.03. The molecule has 1 unspecified atom stereocenters. The summed E-state index contributed by atoms with van der Waals surface area (Å²) >= 11 is 1.94. The zero-order chi connectivity index (χ0) is 15.4. The lowest BCUT2D eigenvalue weighted by atomic mass is 10.0. The minimum atomic E-state index is 0.384. The summed E-state index contributed by atoms with van der Waals surface area (Å²) in [6, 6.07) is 13.8. The lowest BCUT2D eigenvalue weighted by Crippen LogP contribution is -2.19. The smallest absolute Gasteiger partial charge is 0.0413 e. The maximum Gasteiger partial charge on any atom is 0.0413 e. The summed E-state index contributed by atoms with van der Waals surface area (Å²) in [5.74, 6) is 1.04. The fourth-order valence-corrected chi connectivity index (χ4v) is 3.63. The molecule has 0 saturated carbocycles. The van der Waals surface area contributed by atoms with E-state index in [2.05, 4.69) is 69.4 Å². The lowest BCUT2D eigenvalue weighted by Gasteiger charge is -2.18. The molecule has 0 aromatic heterocycles. The molecule has 0 saturated heterocycles. The van der Waals surface area contributed by atoms with Crippen molar-refractivity contribution in [2.24, 2.45) is 0 Å².